The molecule has 0 bridgehead atoms. The first-order chi connectivity index (χ1) is 7.28. The molecule has 0 aliphatic carbocycles. The zero-order chi connectivity index (χ0) is 12.8. The quantitative estimate of drug-likeness (QED) is 0.666. The molecule has 0 aliphatic heterocycles. The lowest BCUT2D eigenvalue weighted by atomic mass is 10.2. The van der Waals surface area contributed by atoms with E-state index in [1.807, 2.05) is 13.8 Å². The van der Waals surface area contributed by atoms with Crippen molar-refractivity contribution in [1.82, 2.24) is 10.0 Å². The summed E-state index contributed by atoms with van der Waals surface area (Å²) in [4.78, 5) is 11.4. The molecule has 0 radical (unpaired) electrons. The highest BCUT2D eigenvalue weighted by atomic mass is 32.2. The number of nitrogens with zero attached hydrogens (tertiary/aromatic N) is 1. The minimum absolute atomic E-state index is 0.298. The maximum atomic E-state index is 11.4. The van der Waals surface area contributed by atoms with Gasteiger partial charge in [0.05, 0.1) is 12.1 Å². The van der Waals surface area contributed by atoms with E-state index in [-0.39, 0.29) is 0 Å². The molecule has 0 rings (SSSR count). The molecule has 1 atom stereocenters. The van der Waals surface area contributed by atoms with E-state index in [2.05, 4.69) is 10.0 Å². The number of nitrogens with one attached hydrogen (secondary N) is 2. The minimum atomic E-state index is -3.69. The average Bonchev–Trinajstić information content (AvgIpc) is 2.12. The van der Waals surface area contributed by atoms with Crippen molar-refractivity contribution in [2.24, 2.45) is 5.92 Å². The Kier molecular flexibility index (Phi) is 6.00. The smallest absolute Gasteiger partial charge is 0.237 e. The van der Waals surface area contributed by atoms with Gasteiger partial charge in [-0.15, -0.1) is 0 Å². The molecule has 1 unspecified atom stereocenters. The SMILES string of the molecule is CC(C)CNC(=O)C(C)NS(=O)(=O)CC#N. The molecule has 0 saturated heterocycles. The van der Waals surface area contributed by atoms with Crippen LogP contribution >= 0.6 is 0 Å². The summed E-state index contributed by atoms with van der Waals surface area (Å²) in [6, 6.07) is 0.657. The number of carbonyl (C=O) groups is 1. The third-order valence-electron chi connectivity index (χ3n) is 1.69. The van der Waals surface area contributed by atoms with E-state index in [0.29, 0.717) is 12.5 Å². The topological polar surface area (TPSA) is 99.1 Å². The highest BCUT2D eigenvalue weighted by molar-refractivity contribution is 7.89. The molecule has 2 N–H and O–H groups in total. The van der Waals surface area contributed by atoms with Gasteiger partial charge in [0.2, 0.25) is 15.9 Å². The Morgan fingerprint density at radius 3 is 2.38 bits per heavy atom. The third-order valence-corrected chi connectivity index (χ3v) is 2.91. The molecule has 16 heavy (non-hydrogen) atoms. The number of nitriles is 1. The molecule has 0 spiro atoms. The molecule has 0 aromatic rings. The summed E-state index contributed by atoms with van der Waals surface area (Å²) in [6.07, 6.45) is 0. The van der Waals surface area contributed by atoms with Gasteiger partial charge in [-0.2, -0.15) is 5.26 Å². The van der Waals surface area contributed by atoms with Gasteiger partial charge in [0.15, 0.2) is 5.75 Å². The number of carbonyl (C=O) groups excluding carboxylic acids is 1. The molecule has 0 aromatic heterocycles. The van der Waals surface area contributed by atoms with Crippen LogP contribution in [0.1, 0.15) is 20.8 Å². The first-order valence-corrected chi connectivity index (χ1v) is 6.58. The fraction of sp³-hybridized carbons (Fsp3) is 0.778. The van der Waals surface area contributed by atoms with Gasteiger partial charge in [0.1, 0.15) is 0 Å². The predicted molar refractivity (Wildman–Crippen MR) is 59.8 cm³/mol. The van der Waals surface area contributed by atoms with E-state index in [9.17, 15) is 13.2 Å². The lowest BCUT2D eigenvalue weighted by molar-refractivity contribution is -0.122. The van der Waals surface area contributed by atoms with Gasteiger partial charge in [-0.3, -0.25) is 4.79 Å². The van der Waals surface area contributed by atoms with Crippen molar-refractivity contribution < 1.29 is 13.2 Å². The molecule has 0 fully saturated rings. The molecule has 6 nitrogen and oxygen atoms in total. The minimum Gasteiger partial charge on any atom is -0.354 e. The molecule has 1 amide bonds. The summed E-state index contributed by atoms with van der Waals surface area (Å²) in [7, 11) is -3.69. The number of hydrogen-bond donors (Lipinski definition) is 2. The van der Waals surface area contributed by atoms with Crippen molar-refractivity contribution in [3.63, 3.8) is 0 Å². The number of hydrogen-bond acceptors (Lipinski definition) is 4. The summed E-state index contributed by atoms with van der Waals surface area (Å²) in [5.41, 5.74) is 0. The van der Waals surface area contributed by atoms with Gasteiger partial charge in [-0.25, -0.2) is 13.1 Å². The second kappa shape index (κ2) is 6.45. The lowest BCUT2D eigenvalue weighted by Crippen LogP contribution is -2.46. The Hall–Kier alpha value is -1.13. The van der Waals surface area contributed by atoms with E-state index in [4.69, 9.17) is 5.26 Å². The molecule has 0 saturated carbocycles. The average molecular weight is 247 g/mol. The monoisotopic (exact) mass is 247 g/mol. The van der Waals surface area contributed by atoms with Crippen LogP contribution in [0, 0.1) is 17.2 Å². The van der Waals surface area contributed by atoms with E-state index >= 15 is 0 Å². The first-order valence-electron chi connectivity index (χ1n) is 4.93. The molecule has 0 aliphatic rings. The lowest BCUT2D eigenvalue weighted by Gasteiger charge is -2.14. The second-order valence-corrected chi connectivity index (χ2v) is 5.65. The van der Waals surface area contributed by atoms with Gasteiger partial charge in [0, 0.05) is 6.54 Å². The highest BCUT2D eigenvalue weighted by Crippen LogP contribution is 1.92. The van der Waals surface area contributed by atoms with Crippen LogP contribution in [0.25, 0.3) is 0 Å². The standard InChI is InChI=1S/C9H17N3O3S/c1-7(2)6-11-9(13)8(3)12-16(14,15)5-4-10/h7-8,12H,5-6H2,1-3H3,(H,11,13). The van der Waals surface area contributed by atoms with Crippen LogP contribution in [0.3, 0.4) is 0 Å². The van der Waals surface area contributed by atoms with E-state index in [1.54, 1.807) is 0 Å². The maximum absolute atomic E-state index is 11.4. The van der Waals surface area contributed by atoms with Crippen molar-refractivity contribution in [3.8, 4) is 6.07 Å². The third kappa shape index (κ3) is 6.37. The normalized spacial score (nSPS) is 13.2. The number of rotatable bonds is 6. The zero-order valence-electron chi connectivity index (χ0n) is 9.65. The number of sulfonamides is 1. The van der Waals surface area contributed by atoms with E-state index < -0.39 is 27.7 Å². The zero-order valence-corrected chi connectivity index (χ0v) is 10.5. The summed E-state index contributed by atoms with van der Waals surface area (Å²) in [6.45, 7) is 5.79. The Labute approximate surface area is 96.1 Å². The van der Waals surface area contributed by atoms with Crippen molar-refractivity contribution >= 4 is 15.9 Å². The van der Waals surface area contributed by atoms with Crippen LogP contribution in [0.2, 0.25) is 0 Å². The molecule has 0 aromatic carbocycles. The van der Waals surface area contributed by atoms with Crippen LogP contribution in [0.5, 0.6) is 0 Å². The van der Waals surface area contributed by atoms with Crippen LogP contribution < -0.4 is 10.0 Å². The first kappa shape index (κ1) is 14.9. The van der Waals surface area contributed by atoms with Crippen molar-refractivity contribution in [2.45, 2.75) is 26.8 Å². The van der Waals surface area contributed by atoms with Crippen LogP contribution in [0.4, 0.5) is 0 Å². The fourth-order valence-electron chi connectivity index (χ4n) is 0.907. The fourth-order valence-corrected chi connectivity index (χ4v) is 1.81. The molecular formula is C9H17N3O3S. The molecule has 0 heterocycles. The van der Waals surface area contributed by atoms with Crippen LogP contribution in [-0.4, -0.2) is 32.7 Å². The van der Waals surface area contributed by atoms with E-state index in [0.717, 1.165) is 0 Å². The highest BCUT2D eigenvalue weighted by Gasteiger charge is 2.19. The largest absolute Gasteiger partial charge is 0.354 e. The Balaban J connectivity index is 4.21. The van der Waals surface area contributed by atoms with Gasteiger partial charge < -0.3 is 5.32 Å². The maximum Gasteiger partial charge on any atom is 0.237 e. The van der Waals surface area contributed by atoms with Gasteiger partial charge >= 0.3 is 0 Å². The summed E-state index contributed by atoms with van der Waals surface area (Å²) >= 11 is 0. The molecule has 92 valence electrons. The van der Waals surface area contributed by atoms with Gasteiger partial charge in [-0.05, 0) is 12.8 Å². The van der Waals surface area contributed by atoms with Gasteiger partial charge in [0.25, 0.3) is 0 Å². The second-order valence-electron chi connectivity index (χ2n) is 3.90. The Bertz CT molecular complexity index is 370. The molecule has 7 heteroatoms. The van der Waals surface area contributed by atoms with Crippen molar-refractivity contribution in [1.29, 1.82) is 5.26 Å². The molecular weight excluding hydrogens is 230 g/mol. The summed E-state index contributed by atoms with van der Waals surface area (Å²) in [5.74, 6) is -0.739. The van der Waals surface area contributed by atoms with Crippen molar-refractivity contribution in [3.05, 3.63) is 0 Å². The Morgan fingerprint density at radius 2 is 1.94 bits per heavy atom. The van der Waals surface area contributed by atoms with Crippen LogP contribution in [-0.2, 0) is 14.8 Å². The predicted octanol–water partition coefficient (Wildman–Crippen LogP) is -0.410. The van der Waals surface area contributed by atoms with Gasteiger partial charge in [-0.1, -0.05) is 13.8 Å². The summed E-state index contributed by atoms with van der Waals surface area (Å²) < 4.78 is 24.5. The number of amides is 1. The van der Waals surface area contributed by atoms with Crippen LogP contribution in [0.15, 0.2) is 0 Å². The Morgan fingerprint density at radius 1 is 1.38 bits per heavy atom. The van der Waals surface area contributed by atoms with Crippen molar-refractivity contribution in [2.75, 3.05) is 12.3 Å². The van der Waals surface area contributed by atoms with E-state index in [1.165, 1.54) is 13.0 Å². The summed E-state index contributed by atoms with van der Waals surface area (Å²) in [5, 5.41) is 10.9.